The topological polar surface area (TPSA) is 66.7 Å². The first-order valence-electron chi connectivity index (χ1n) is 9.25. The monoisotopic (exact) mass is 439 g/mol. The van der Waals surface area contributed by atoms with Gasteiger partial charge < -0.3 is 9.80 Å². The van der Waals surface area contributed by atoms with Crippen molar-refractivity contribution in [1.29, 1.82) is 0 Å². The molecule has 1 fully saturated rings. The standard InChI is InChI=1S/C20H20F3N3O3S/c21-20(22,23)16-2-1-3-18(12-16)24-8-10-25(11-9-24)19(27)14-30-13-15-4-6-17(7-5-15)26(28)29/h1-7,12H,8-11,13-14H2. The zero-order valence-electron chi connectivity index (χ0n) is 16.0. The Hall–Kier alpha value is -2.75. The number of rotatable bonds is 6. The molecule has 0 atom stereocenters. The first kappa shape index (κ1) is 21.9. The van der Waals surface area contributed by atoms with Crippen LogP contribution < -0.4 is 4.90 Å². The van der Waals surface area contributed by atoms with E-state index in [4.69, 9.17) is 0 Å². The number of carbonyl (C=O) groups is 1. The highest BCUT2D eigenvalue weighted by Crippen LogP contribution is 2.32. The van der Waals surface area contributed by atoms with E-state index >= 15 is 0 Å². The molecule has 10 heteroatoms. The largest absolute Gasteiger partial charge is 0.416 e. The second-order valence-electron chi connectivity index (χ2n) is 6.83. The van der Waals surface area contributed by atoms with Crippen molar-refractivity contribution >= 4 is 29.0 Å². The van der Waals surface area contributed by atoms with Crippen molar-refractivity contribution in [2.24, 2.45) is 0 Å². The summed E-state index contributed by atoms with van der Waals surface area (Å²) in [5.41, 5.74) is 0.747. The lowest BCUT2D eigenvalue weighted by molar-refractivity contribution is -0.384. The number of non-ortho nitro benzene ring substituents is 1. The Bertz CT molecular complexity index is 898. The molecule has 0 spiro atoms. The molecule has 0 radical (unpaired) electrons. The van der Waals surface area contributed by atoms with Gasteiger partial charge in [0.2, 0.25) is 5.91 Å². The van der Waals surface area contributed by atoms with Gasteiger partial charge in [-0.3, -0.25) is 14.9 Å². The minimum Gasteiger partial charge on any atom is -0.368 e. The molecular weight excluding hydrogens is 419 g/mol. The lowest BCUT2D eigenvalue weighted by Crippen LogP contribution is -2.49. The summed E-state index contributed by atoms with van der Waals surface area (Å²) < 4.78 is 38.7. The van der Waals surface area contributed by atoms with Gasteiger partial charge in [-0.15, -0.1) is 11.8 Å². The van der Waals surface area contributed by atoms with E-state index in [-0.39, 0.29) is 17.3 Å². The van der Waals surface area contributed by atoms with Gasteiger partial charge in [0.25, 0.3) is 5.69 Å². The minimum atomic E-state index is -4.38. The van der Waals surface area contributed by atoms with Gasteiger partial charge in [0.15, 0.2) is 0 Å². The number of hydrogen-bond donors (Lipinski definition) is 0. The van der Waals surface area contributed by atoms with Crippen molar-refractivity contribution in [2.45, 2.75) is 11.9 Å². The van der Waals surface area contributed by atoms with Gasteiger partial charge in [-0.2, -0.15) is 13.2 Å². The van der Waals surface area contributed by atoms with Crippen molar-refractivity contribution in [3.8, 4) is 0 Å². The molecule has 6 nitrogen and oxygen atoms in total. The summed E-state index contributed by atoms with van der Waals surface area (Å²) >= 11 is 1.42. The number of anilines is 1. The van der Waals surface area contributed by atoms with E-state index in [2.05, 4.69) is 0 Å². The molecule has 1 aliphatic rings. The quantitative estimate of drug-likeness (QED) is 0.499. The smallest absolute Gasteiger partial charge is 0.368 e. The van der Waals surface area contributed by atoms with E-state index in [1.807, 2.05) is 4.90 Å². The summed E-state index contributed by atoms with van der Waals surface area (Å²) in [6, 6.07) is 11.4. The molecule has 2 aromatic rings. The van der Waals surface area contributed by atoms with Crippen molar-refractivity contribution in [2.75, 3.05) is 36.8 Å². The van der Waals surface area contributed by atoms with Crippen LogP contribution in [-0.2, 0) is 16.7 Å². The Kier molecular flexibility index (Phi) is 6.86. The van der Waals surface area contributed by atoms with Crippen LogP contribution in [0.15, 0.2) is 48.5 Å². The lowest BCUT2D eigenvalue weighted by Gasteiger charge is -2.36. The molecule has 1 saturated heterocycles. The fourth-order valence-electron chi connectivity index (χ4n) is 3.15. The zero-order valence-corrected chi connectivity index (χ0v) is 16.8. The zero-order chi connectivity index (χ0) is 21.7. The number of thioether (sulfide) groups is 1. The summed E-state index contributed by atoms with van der Waals surface area (Å²) in [6.45, 7) is 1.85. The third kappa shape index (κ3) is 5.65. The number of nitrogens with zero attached hydrogens (tertiary/aromatic N) is 3. The molecule has 160 valence electrons. The van der Waals surface area contributed by atoms with Gasteiger partial charge in [0.1, 0.15) is 0 Å². The van der Waals surface area contributed by atoms with Crippen LogP contribution in [0.5, 0.6) is 0 Å². The maximum atomic E-state index is 12.9. The fraction of sp³-hybridized carbons (Fsp3) is 0.350. The number of amides is 1. The molecule has 30 heavy (non-hydrogen) atoms. The number of benzene rings is 2. The summed E-state index contributed by atoms with van der Waals surface area (Å²) in [5, 5.41) is 10.7. The van der Waals surface area contributed by atoms with Crippen LogP contribution >= 0.6 is 11.8 Å². The molecule has 0 aliphatic carbocycles. The SMILES string of the molecule is O=C(CSCc1ccc([N+](=O)[O-])cc1)N1CCN(c2cccc(C(F)(F)F)c2)CC1. The van der Waals surface area contributed by atoms with E-state index in [1.54, 1.807) is 23.1 Å². The molecule has 3 rings (SSSR count). The van der Waals surface area contributed by atoms with Crippen molar-refractivity contribution in [3.05, 3.63) is 69.8 Å². The fourth-order valence-corrected chi connectivity index (χ4v) is 4.04. The third-order valence-corrected chi connectivity index (χ3v) is 5.80. The van der Waals surface area contributed by atoms with Gasteiger partial charge in [-0.05, 0) is 23.8 Å². The average molecular weight is 439 g/mol. The van der Waals surface area contributed by atoms with Crippen LogP contribution in [0, 0.1) is 10.1 Å². The average Bonchev–Trinajstić information content (AvgIpc) is 2.73. The van der Waals surface area contributed by atoms with E-state index in [9.17, 15) is 28.1 Å². The van der Waals surface area contributed by atoms with Crippen LogP contribution in [0.2, 0.25) is 0 Å². The van der Waals surface area contributed by atoms with Crippen LogP contribution in [-0.4, -0.2) is 47.7 Å². The molecule has 1 amide bonds. The summed E-state index contributed by atoms with van der Waals surface area (Å²) in [6.07, 6.45) is -4.38. The Balaban J connectivity index is 1.45. The first-order valence-corrected chi connectivity index (χ1v) is 10.4. The number of hydrogen-bond acceptors (Lipinski definition) is 5. The van der Waals surface area contributed by atoms with Gasteiger partial charge in [-0.25, -0.2) is 0 Å². The van der Waals surface area contributed by atoms with Crippen LogP contribution in [0.1, 0.15) is 11.1 Å². The maximum Gasteiger partial charge on any atom is 0.416 e. The molecule has 0 aromatic heterocycles. The Morgan fingerprint density at radius 3 is 2.33 bits per heavy atom. The third-order valence-electron chi connectivity index (χ3n) is 4.81. The van der Waals surface area contributed by atoms with Gasteiger partial charge in [-0.1, -0.05) is 18.2 Å². The number of piperazine rings is 1. The van der Waals surface area contributed by atoms with Crippen LogP contribution in [0.3, 0.4) is 0 Å². The molecule has 0 bridgehead atoms. The molecule has 0 unspecified atom stereocenters. The second-order valence-corrected chi connectivity index (χ2v) is 7.82. The van der Waals surface area contributed by atoms with Crippen molar-refractivity contribution < 1.29 is 22.9 Å². The Labute approximate surface area is 175 Å². The summed E-state index contributed by atoms with van der Waals surface area (Å²) in [5.74, 6) is 0.819. The maximum absolute atomic E-state index is 12.9. The Morgan fingerprint density at radius 2 is 1.73 bits per heavy atom. The van der Waals surface area contributed by atoms with Gasteiger partial charge in [0.05, 0.1) is 16.2 Å². The highest BCUT2D eigenvalue weighted by molar-refractivity contribution is 7.99. The second kappa shape index (κ2) is 9.38. The van der Waals surface area contributed by atoms with E-state index < -0.39 is 16.7 Å². The summed E-state index contributed by atoms with van der Waals surface area (Å²) in [7, 11) is 0. The highest BCUT2D eigenvalue weighted by Gasteiger charge is 2.31. The van der Waals surface area contributed by atoms with E-state index in [0.29, 0.717) is 37.6 Å². The normalized spacial score (nSPS) is 14.6. The summed E-state index contributed by atoms with van der Waals surface area (Å²) in [4.78, 5) is 26.2. The highest BCUT2D eigenvalue weighted by atomic mass is 32.2. The van der Waals surface area contributed by atoms with E-state index in [0.717, 1.165) is 17.7 Å². The van der Waals surface area contributed by atoms with E-state index in [1.165, 1.54) is 30.0 Å². The molecule has 0 N–H and O–H groups in total. The predicted octanol–water partition coefficient (Wildman–Crippen LogP) is 4.20. The molecule has 1 heterocycles. The molecule has 0 saturated carbocycles. The Morgan fingerprint density at radius 1 is 1.07 bits per heavy atom. The number of alkyl halides is 3. The lowest BCUT2D eigenvalue weighted by atomic mass is 10.1. The van der Waals surface area contributed by atoms with Crippen molar-refractivity contribution in [1.82, 2.24) is 4.90 Å². The molecular formula is C20H20F3N3O3S. The first-order chi connectivity index (χ1) is 14.2. The van der Waals surface area contributed by atoms with Crippen LogP contribution in [0.25, 0.3) is 0 Å². The number of nitro benzene ring substituents is 1. The minimum absolute atomic E-state index is 0.0226. The van der Waals surface area contributed by atoms with Crippen molar-refractivity contribution in [3.63, 3.8) is 0 Å². The number of nitro groups is 1. The molecule has 1 aliphatic heterocycles. The van der Waals surface area contributed by atoms with Gasteiger partial charge in [0, 0.05) is 49.8 Å². The van der Waals surface area contributed by atoms with Gasteiger partial charge >= 0.3 is 6.18 Å². The number of halogens is 3. The predicted molar refractivity (Wildman–Crippen MR) is 109 cm³/mol. The van der Waals surface area contributed by atoms with Crippen LogP contribution in [0.4, 0.5) is 24.5 Å². The molecule has 2 aromatic carbocycles. The number of carbonyl (C=O) groups excluding carboxylic acids is 1.